The second-order valence-corrected chi connectivity index (χ2v) is 3.19. The van der Waals surface area contributed by atoms with Crippen LogP contribution in [0.4, 0.5) is 0 Å². The maximum atomic E-state index is 10.1. The van der Waals surface area contributed by atoms with Gasteiger partial charge in [0.2, 0.25) is 0 Å². The average Bonchev–Trinajstić information content (AvgIpc) is 2.21. The Hall–Kier alpha value is -1.46. The lowest BCUT2D eigenvalue weighted by Gasteiger charge is -2.00. The van der Waals surface area contributed by atoms with Gasteiger partial charge in [0, 0.05) is 17.6 Å². The Morgan fingerprint density at radius 3 is 2.57 bits per heavy atom. The van der Waals surface area contributed by atoms with E-state index in [2.05, 4.69) is 11.8 Å². The van der Waals surface area contributed by atoms with Crippen LogP contribution in [0.2, 0.25) is 5.02 Å². The number of amides is 1. The smallest absolute Gasteiger partial charge is 0.312 e. The van der Waals surface area contributed by atoms with Gasteiger partial charge >= 0.3 is 6.41 Å². The fourth-order valence-electron chi connectivity index (χ4n) is 0.826. The molecule has 1 amide bonds. The quantitative estimate of drug-likeness (QED) is 0.533. The predicted octanol–water partition coefficient (Wildman–Crippen LogP) is 1.69. The molecule has 0 aromatic heterocycles. The lowest BCUT2D eigenvalue weighted by Crippen LogP contribution is -2.15. The van der Waals surface area contributed by atoms with Crippen LogP contribution >= 0.6 is 11.6 Å². The highest BCUT2D eigenvalue weighted by atomic mass is 35.5. The van der Waals surface area contributed by atoms with Crippen molar-refractivity contribution in [2.45, 2.75) is 0 Å². The van der Waals surface area contributed by atoms with E-state index in [1.807, 2.05) is 12.1 Å². The van der Waals surface area contributed by atoms with E-state index in [1.54, 1.807) is 25.6 Å². The highest BCUT2D eigenvalue weighted by Gasteiger charge is 1.89. The molecule has 0 fully saturated rings. The molecular weight excluding hydrogens is 198 g/mol. The molecule has 0 bridgehead atoms. The summed E-state index contributed by atoms with van der Waals surface area (Å²) in [6.45, 7) is 0.381. The van der Waals surface area contributed by atoms with Crippen LogP contribution in [0.25, 0.3) is 0 Å². The third-order valence-electron chi connectivity index (χ3n) is 1.55. The first-order valence-electron chi connectivity index (χ1n) is 4.06. The Kier molecular flexibility index (Phi) is 4.03. The molecule has 0 heterocycles. The molecule has 0 atom stereocenters. The molecular formula is C11H9ClNO. The number of carbonyl (C=O) groups excluding carboxylic acids is 1. The molecule has 1 aromatic carbocycles. The SMILES string of the molecule is CN([C]=O)CC#Cc1ccc(Cl)cc1. The Balaban J connectivity index is 2.59. The highest BCUT2D eigenvalue weighted by Crippen LogP contribution is 2.08. The molecule has 14 heavy (non-hydrogen) atoms. The molecule has 2 nitrogen and oxygen atoms in total. The van der Waals surface area contributed by atoms with E-state index in [1.165, 1.54) is 4.90 Å². The normalized spacial score (nSPS) is 8.71. The minimum Gasteiger partial charge on any atom is -0.326 e. The Labute approximate surface area is 88.5 Å². The first kappa shape index (κ1) is 10.6. The fraction of sp³-hybridized carbons (Fsp3) is 0.182. The minimum absolute atomic E-state index is 0.381. The van der Waals surface area contributed by atoms with Crippen molar-refractivity contribution in [3.05, 3.63) is 34.9 Å². The van der Waals surface area contributed by atoms with E-state index in [-0.39, 0.29) is 0 Å². The molecule has 71 valence electrons. The monoisotopic (exact) mass is 206 g/mol. The first-order chi connectivity index (χ1) is 6.72. The highest BCUT2D eigenvalue weighted by molar-refractivity contribution is 6.30. The van der Waals surface area contributed by atoms with Crippen molar-refractivity contribution >= 4 is 18.0 Å². The molecule has 1 rings (SSSR count). The zero-order valence-electron chi connectivity index (χ0n) is 7.75. The van der Waals surface area contributed by atoms with Gasteiger partial charge in [-0.25, -0.2) is 0 Å². The number of benzene rings is 1. The molecule has 0 spiro atoms. The van der Waals surface area contributed by atoms with Crippen LogP contribution in [0.15, 0.2) is 24.3 Å². The van der Waals surface area contributed by atoms with E-state index >= 15 is 0 Å². The predicted molar refractivity (Wildman–Crippen MR) is 56.7 cm³/mol. The molecule has 0 saturated heterocycles. The van der Waals surface area contributed by atoms with Gasteiger partial charge in [-0.2, -0.15) is 0 Å². The Bertz CT molecular complexity index is 361. The molecule has 1 radical (unpaired) electrons. The van der Waals surface area contributed by atoms with Crippen LogP contribution < -0.4 is 0 Å². The van der Waals surface area contributed by atoms with Crippen molar-refractivity contribution in [3.8, 4) is 11.8 Å². The third-order valence-corrected chi connectivity index (χ3v) is 1.80. The van der Waals surface area contributed by atoms with Crippen LogP contribution in [-0.4, -0.2) is 24.9 Å². The van der Waals surface area contributed by atoms with Gasteiger partial charge in [-0.3, -0.25) is 4.79 Å². The van der Waals surface area contributed by atoms with Crippen molar-refractivity contribution in [1.82, 2.24) is 4.90 Å². The molecule has 3 heteroatoms. The van der Waals surface area contributed by atoms with E-state index in [4.69, 9.17) is 11.6 Å². The van der Waals surface area contributed by atoms with Crippen molar-refractivity contribution < 1.29 is 4.79 Å². The van der Waals surface area contributed by atoms with Gasteiger partial charge in [0.25, 0.3) is 0 Å². The molecule has 0 N–H and O–H groups in total. The summed E-state index contributed by atoms with van der Waals surface area (Å²) in [5.41, 5.74) is 0.883. The number of halogens is 1. The van der Waals surface area contributed by atoms with Gasteiger partial charge in [-0.15, -0.1) is 0 Å². The van der Waals surface area contributed by atoms with Gasteiger partial charge < -0.3 is 4.90 Å². The van der Waals surface area contributed by atoms with E-state index in [9.17, 15) is 4.79 Å². The third kappa shape index (κ3) is 3.51. The number of rotatable bonds is 2. The maximum absolute atomic E-state index is 10.1. The summed E-state index contributed by atoms with van der Waals surface area (Å²) in [5, 5.41) is 0.689. The maximum Gasteiger partial charge on any atom is 0.312 e. The van der Waals surface area contributed by atoms with Gasteiger partial charge in [-0.05, 0) is 24.3 Å². The van der Waals surface area contributed by atoms with Crippen LogP contribution in [0.1, 0.15) is 5.56 Å². The molecule has 0 aliphatic carbocycles. The van der Waals surface area contributed by atoms with Crippen molar-refractivity contribution in [3.63, 3.8) is 0 Å². The number of hydrogen-bond acceptors (Lipinski definition) is 1. The van der Waals surface area contributed by atoms with Crippen LogP contribution in [-0.2, 0) is 4.79 Å². The van der Waals surface area contributed by atoms with E-state index < -0.39 is 0 Å². The molecule has 0 unspecified atom stereocenters. The second-order valence-electron chi connectivity index (χ2n) is 2.76. The van der Waals surface area contributed by atoms with Crippen LogP contribution in [0.3, 0.4) is 0 Å². The van der Waals surface area contributed by atoms with Crippen LogP contribution in [0.5, 0.6) is 0 Å². The second kappa shape index (κ2) is 5.31. The number of hydrogen-bond donors (Lipinski definition) is 0. The lowest BCUT2D eigenvalue weighted by molar-refractivity contribution is 0.464. The minimum atomic E-state index is 0.381. The Morgan fingerprint density at radius 2 is 2.00 bits per heavy atom. The van der Waals surface area contributed by atoms with Crippen LogP contribution in [0, 0.1) is 11.8 Å². The van der Waals surface area contributed by atoms with Crippen molar-refractivity contribution in [2.24, 2.45) is 0 Å². The largest absolute Gasteiger partial charge is 0.326 e. The first-order valence-corrected chi connectivity index (χ1v) is 4.43. The number of nitrogens with zero attached hydrogens (tertiary/aromatic N) is 1. The van der Waals surface area contributed by atoms with Crippen molar-refractivity contribution in [1.29, 1.82) is 0 Å². The molecule has 0 saturated carbocycles. The standard InChI is InChI=1S/C11H9ClNO/c1-13(9-14)8-2-3-10-4-6-11(12)7-5-10/h4-7H,8H2,1H3. The summed E-state index contributed by atoms with van der Waals surface area (Å²) in [7, 11) is 1.63. The van der Waals surface area contributed by atoms with Gasteiger partial charge in [0.1, 0.15) is 0 Å². The van der Waals surface area contributed by atoms with E-state index in [0.29, 0.717) is 11.6 Å². The summed E-state index contributed by atoms with van der Waals surface area (Å²) in [6, 6.07) is 7.22. The topological polar surface area (TPSA) is 20.3 Å². The molecule has 0 aliphatic heterocycles. The van der Waals surface area contributed by atoms with E-state index in [0.717, 1.165) is 5.56 Å². The van der Waals surface area contributed by atoms with Crippen molar-refractivity contribution in [2.75, 3.05) is 13.6 Å². The molecule has 0 aliphatic rings. The summed E-state index contributed by atoms with van der Waals surface area (Å²) in [6.07, 6.45) is 1.72. The lowest BCUT2D eigenvalue weighted by atomic mass is 10.2. The zero-order chi connectivity index (χ0) is 10.4. The summed E-state index contributed by atoms with van der Waals surface area (Å²) in [5.74, 6) is 5.75. The van der Waals surface area contributed by atoms with Gasteiger partial charge in [0.05, 0.1) is 6.54 Å². The summed E-state index contributed by atoms with van der Waals surface area (Å²) in [4.78, 5) is 11.5. The fourth-order valence-corrected chi connectivity index (χ4v) is 0.952. The van der Waals surface area contributed by atoms with Gasteiger partial charge in [0.15, 0.2) is 0 Å². The van der Waals surface area contributed by atoms with Gasteiger partial charge in [-0.1, -0.05) is 23.4 Å². The zero-order valence-corrected chi connectivity index (χ0v) is 8.51. The molecule has 1 aromatic rings. The summed E-state index contributed by atoms with van der Waals surface area (Å²) < 4.78 is 0. The average molecular weight is 207 g/mol. The Morgan fingerprint density at radius 1 is 1.36 bits per heavy atom. The summed E-state index contributed by atoms with van der Waals surface area (Å²) >= 11 is 5.71.